The first-order chi connectivity index (χ1) is 12.1. The van der Waals surface area contributed by atoms with Gasteiger partial charge in [0.05, 0.1) is 23.9 Å². The number of methoxy groups -OCH3 is 1. The van der Waals surface area contributed by atoms with Gasteiger partial charge in [0.1, 0.15) is 5.75 Å². The average molecular weight is 399 g/mol. The molecule has 0 fully saturated rings. The second-order valence-corrected chi connectivity index (χ2v) is 9.42. The maximum Gasteiger partial charge on any atom is 0.240 e. The van der Waals surface area contributed by atoms with E-state index >= 15 is 0 Å². The molecule has 0 heterocycles. The maximum atomic E-state index is 12.3. The summed E-state index contributed by atoms with van der Waals surface area (Å²) >= 11 is 0. The molecule has 0 aromatic heterocycles. The first kappa shape index (κ1) is 20.2. The molecule has 0 saturated heterocycles. The van der Waals surface area contributed by atoms with Crippen molar-refractivity contribution in [2.75, 3.05) is 30.8 Å². The largest absolute Gasteiger partial charge is 0.497 e. The molecular formula is C17H22N2O5S2. The lowest BCUT2D eigenvalue weighted by atomic mass is 10.2. The highest BCUT2D eigenvalue weighted by Gasteiger charge is 2.19. The zero-order valence-corrected chi connectivity index (χ0v) is 16.5. The minimum atomic E-state index is -3.71. The van der Waals surface area contributed by atoms with E-state index in [4.69, 9.17) is 4.74 Å². The van der Waals surface area contributed by atoms with Gasteiger partial charge in [-0.25, -0.2) is 21.6 Å². The Morgan fingerprint density at radius 3 is 2.23 bits per heavy atom. The van der Waals surface area contributed by atoms with Crippen LogP contribution < -0.4 is 13.8 Å². The van der Waals surface area contributed by atoms with Gasteiger partial charge in [0.25, 0.3) is 0 Å². The molecule has 0 spiro atoms. The third-order valence-electron chi connectivity index (χ3n) is 3.67. The van der Waals surface area contributed by atoms with Gasteiger partial charge in [0, 0.05) is 13.1 Å². The van der Waals surface area contributed by atoms with Crippen molar-refractivity contribution in [3.05, 3.63) is 54.1 Å². The lowest BCUT2D eigenvalue weighted by Gasteiger charge is -2.22. The fraction of sp³-hybridized carbons (Fsp3) is 0.294. The van der Waals surface area contributed by atoms with Gasteiger partial charge in [0.2, 0.25) is 20.0 Å². The number of sulfonamides is 2. The van der Waals surface area contributed by atoms with Crippen molar-refractivity contribution in [2.24, 2.45) is 0 Å². The minimum Gasteiger partial charge on any atom is -0.497 e. The monoisotopic (exact) mass is 398 g/mol. The molecule has 0 amide bonds. The number of hydrogen-bond acceptors (Lipinski definition) is 5. The standard InChI is InChI=1S/C17H22N2O5S2/c1-14-5-4-6-17(13-14)26(22,23)18-11-12-19(25(3,20)21)15-7-9-16(24-2)10-8-15/h4-10,13,18H,11-12H2,1-3H3. The highest BCUT2D eigenvalue weighted by atomic mass is 32.2. The number of aryl methyl sites for hydroxylation is 1. The number of benzene rings is 2. The summed E-state index contributed by atoms with van der Waals surface area (Å²) in [6, 6.07) is 13.0. The molecule has 2 aromatic carbocycles. The van der Waals surface area contributed by atoms with Crippen molar-refractivity contribution in [3.8, 4) is 5.75 Å². The molecule has 1 N–H and O–H groups in total. The smallest absolute Gasteiger partial charge is 0.240 e. The second kappa shape index (κ2) is 8.07. The van der Waals surface area contributed by atoms with Crippen LogP contribution in [0.4, 0.5) is 5.69 Å². The minimum absolute atomic E-state index is 0.0315. The molecule has 142 valence electrons. The highest BCUT2D eigenvalue weighted by molar-refractivity contribution is 7.92. The van der Waals surface area contributed by atoms with Crippen molar-refractivity contribution in [1.82, 2.24) is 4.72 Å². The van der Waals surface area contributed by atoms with E-state index in [2.05, 4.69) is 4.72 Å². The predicted octanol–water partition coefficient (Wildman–Crippen LogP) is 1.75. The summed E-state index contributed by atoms with van der Waals surface area (Å²) in [5.74, 6) is 0.599. The summed E-state index contributed by atoms with van der Waals surface area (Å²) < 4.78 is 57.5. The van der Waals surface area contributed by atoms with E-state index in [1.54, 1.807) is 49.4 Å². The van der Waals surface area contributed by atoms with Crippen LogP contribution in [0.5, 0.6) is 5.75 Å². The van der Waals surface area contributed by atoms with Crippen LogP contribution in [0, 0.1) is 6.92 Å². The van der Waals surface area contributed by atoms with Crippen molar-refractivity contribution in [1.29, 1.82) is 0 Å². The third-order valence-corrected chi connectivity index (χ3v) is 6.32. The number of hydrogen-bond donors (Lipinski definition) is 1. The summed E-state index contributed by atoms with van der Waals surface area (Å²) in [4.78, 5) is 0.146. The van der Waals surface area contributed by atoms with E-state index in [-0.39, 0.29) is 18.0 Å². The molecule has 2 aromatic rings. The Bertz CT molecular complexity index is 955. The van der Waals surface area contributed by atoms with Crippen LogP contribution in [0.15, 0.2) is 53.4 Å². The fourth-order valence-corrected chi connectivity index (χ4v) is 4.44. The average Bonchev–Trinajstić information content (AvgIpc) is 2.58. The molecule has 0 radical (unpaired) electrons. The van der Waals surface area contributed by atoms with Crippen LogP contribution in [0.3, 0.4) is 0 Å². The van der Waals surface area contributed by atoms with Gasteiger partial charge < -0.3 is 4.74 Å². The quantitative estimate of drug-likeness (QED) is 0.731. The van der Waals surface area contributed by atoms with Gasteiger partial charge in [-0.15, -0.1) is 0 Å². The number of nitrogens with one attached hydrogen (secondary N) is 1. The van der Waals surface area contributed by atoms with E-state index < -0.39 is 20.0 Å². The second-order valence-electron chi connectivity index (χ2n) is 5.75. The van der Waals surface area contributed by atoms with Gasteiger partial charge in [-0.05, 0) is 48.9 Å². The van der Waals surface area contributed by atoms with Crippen LogP contribution in [-0.2, 0) is 20.0 Å². The Morgan fingerprint density at radius 2 is 1.69 bits per heavy atom. The Balaban J connectivity index is 2.12. The van der Waals surface area contributed by atoms with Crippen molar-refractivity contribution in [2.45, 2.75) is 11.8 Å². The fourth-order valence-electron chi connectivity index (χ4n) is 2.38. The number of nitrogens with zero attached hydrogens (tertiary/aromatic N) is 1. The van der Waals surface area contributed by atoms with Gasteiger partial charge in [-0.3, -0.25) is 4.31 Å². The van der Waals surface area contributed by atoms with Crippen LogP contribution in [0.1, 0.15) is 5.56 Å². The molecular weight excluding hydrogens is 376 g/mol. The lowest BCUT2D eigenvalue weighted by Crippen LogP contribution is -2.38. The normalized spacial score (nSPS) is 12.0. The summed E-state index contributed by atoms with van der Waals surface area (Å²) in [6.45, 7) is 1.71. The molecule has 26 heavy (non-hydrogen) atoms. The summed E-state index contributed by atoms with van der Waals surface area (Å²) in [6.07, 6.45) is 1.08. The van der Waals surface area contributed by atoms with E-state index in [1.165, 1.54) is 13.2 Å². The van der Waals surface area contributed by atoms with Crippen LogP contribution in [0.2, 0.25) is 0 Å². The Hall–Kier alpha value is -2.10. The molecule has 2 rings (SSSR count). The SMILES string of the molecule is COc1ccc(N(CCNS(=O)(=O)c2cccc(C)c2)S(C)(=O)=O)cc1. The first-order valence-electron chi connectivity index (χ1n) is 7.81. The topological polar surface area (TPSA) is 92.8 Å². The molecule has 0 aliphatic carbocycles. The van der Waals surface area contributed by atoms with Gasteiger partial charge >= 0.3 is 0 Å². The lowest BCUT2D eigenvalue weighted by molar-refractivity contribution is 0.415. The van der Waals surface area contributed by atoms with Crippen LogP contribution in [0.25, 0.3) is 0 Å². The summed E-state index contributed by atoms with van der Waals surface area (Å²) in [7, 11) is -5.76. The van der Waals surface area contributed by atoms with E-state index in [0.29, 0.717) is 11.4 Å². The maximum absolute atomic E-state index is 12.3. The zero-order valence-electron chi connectivity index (χ0n) is 14.8. The summed E-state index contributed by atoms with van der Waals surface area (Å²) in [5.41, 5.74) is 1.26. The van der Waals surface area contributed by atoms with E-state index in [0.717, 1.165) is 16.1 Å². The number of anilines is 1. The Kier molecular flexibility index (Phi) is 6.27. The first-order valence-corrected chi connectivity index (χ1v) is 11.1. The van der Waals surface area contributed by atoms with Crippen molar-refractivity contribution < 1.29 is 21.6 Å². The zero-order chi connectivity index (χ0) is 19.4. The molecule has 7 nitrogen and oxygen atoms in total. The Morgan fingerprint density at radius 1 is 1.04 bits per heavy atom. The van der Waals surface area contributed by atoms with Crippen molar-refractivity contribution in [3.63, 3.8) is 0 Å². The van der Waals surface area contributed by atoms with Gasteiger partial charge in [-0.2, -0.15) is 0 Å². The third kappa shape index (κ3) is 5.20. The van der Waals surface area contributed by atoms with Gasteiger partial charge in [-0.1, -0.05) is 12.1 Å². The molecule has 9 heteroatoms. The predicted molar refractivity (Wildman–Crippen MR) is 102 cm³/mol. The highest BCUT2D eigenvalue weighted by Crippen LogP contribution is 2.21. The molecule has 0 unspecified atom stereocenters. The number of rotatable bonds is 8. The number of ether oxygens (including phenoxy) is 1. The molecule has 0 aliphatic rings. The van der Waals surface area contributed by atoms with Crippen LogP contribution >= 0.6 is 0 Å². The summed E-state index contributed by atoms with van der Waals surface area (Å²) in [5, 5.41) is 0. The van der Waals surface area contributed by atoms with Crippen molar-refractivity contribution >= 4 is 25.7 Å². The van der Waals surface area contributed by atoms with Crippen LogP contribution in [-0.4, -0.2) is 43.3 Å². The molecule has 0 aliphatic heterocycles. The molecule has 0 saturated carbocycles. The molecule has 0 bridgehead atoms. The van der Waals surface area contributed by atoms with E-state index in [9.17, 15) is 16.8 Å². The van der Waals surface area contributed by atoms with E-state index in [1.807, 2.05) is 0 Å². The molecule has 0 atom stereocenters. The van der Waals surface area contributed by atoms with Gasteiger partial charge in [0.15, 0.2) is 0 Å². The Labute approximate surface area is 154 Å².